The lowest BCUT2D eigenvalue weighted by Crippen LogP contribution is -1.88. The third kappa shape index (κ3) is 0.868. The van der Waals surface area contributed by atoms with E-state index in [2.05, 4.69) is 20.2 Å². The summed E-state index contributed by atoms with van der Waals surface area (Å²) in [4.78, 5) is 7.08. The van der Waals surface area contributed by atoms with E-state index in [0.717, 1.165) is 17.1 Å². The Morgan fingerprint density at radius 1 is 1.50 bits per heavy atom. The van der Waals surface area contributed by atoms with Crippen LogP contribution in [0.1, 0.15) is 5.69 Å². The van der Waals surface area contributed by atoms with E-state index in [1.165, 1.54) is 0 Å². The van der Waals surface area contributed by atoms with Crippen LogP contribution in [0, 0.1) is 6.92 Å². The number of hydrogen-bond donors (Lipinski definition) is 3. The number of aryl methyl sites for hydroxylation is 1. The maximum absolute atomic E-state index is 5.65. The molecule has 2 rings (SSSR count). The Labute approximate surface area is 69.0 Å². The standard InChI is InChI=1S/C7H9N5/c1-4-6(10-3-9-4)7-5(8)2-11-12-7/h2-3H,8H2,1H3,(H,9,10)(H,11,12). The molecule has 12 heavy (non-hydrogen) atoms. The Hall–Kier alpha value is -1.78. The molecule has 0 amide bonds. The minimum Gasteiger partial charge on any atom is -0.396 e. The van der Waals surface area contributed by atoms with Gasteiger partial charge in [0.1, 0.15) is 11.4 Å². The number of nitrogen functional groups attached to an aromatic ring is 1. The van der Waals surface area contributed by atoms with Gasteiger partial charge in [0.2, 0.25) is 0 Å². The predicted molar refractivity (Wildman–Crippen MR) is 45.3 cm³/mol. The maximum atomic E-state index is 5.65. The van der Waals surface area contributed by atoms with Crippen molar-refractivity contribution in [2.45, 2.75) is 6.92 Å². The lowest BCUT2D eigenvalue weighted by Gasteiger charge is -1.94. The van der Waals surface area contributed by atoms with Gasteiger partial charge < -0.3 is 10.7 Å². The molecule has 4 N–H and O–H groups in total. The Morgan fingerprint density at radius 2 is 2.33 bits per heavy atom. The van der Waals surface area contributed by atoms with E-state index in [1.807, 2.05) is 6.92 Å². The Morgan fingerprint density at radius 3 is 2.83 bits per heavy atom. The SMILES string of the molecule is Cc1[nH]cnc1-c1[nH]ncc1N. The Balaban J connectivity index is 2.57. The number of imidazole rings is 1. The fraction of sp³-hybridized carbons (Fsp3) is 0.143. The van der Waals surface area contributed by atoms with Gasteiger partial charge in [-0.15, -0.1) is 0 Å². The molecule has 2 heterocycles. The van der Waals surface area contributed by atoms with Gasteiger partial charge in [-0.2, -0.15) is 5.10 Å². The molecule has 0 atom stereocenters. The summed E-state index contributed by atoms with van der Waals surface area (Å²) in [6.45, 7) is 1.93. The summed E-state index contributed by atoms with van der Waals surface area (Å²) in [5.41, 5.74) is 8.84. The van der Waals surface area contributed by atoms with Crippen LogP contribution in [-0.2, 0) is 0 Å². The topological polar surface area (TPSA) is 83.4 Å². The van der Waals surface area contributed by atoms with Crippen LogP contribution in [0.25, 0.3) is 11.4 Å². The number of aromatic nitrogens is 4. The third-order valence-electron chi connectivity index (χ3n) is 1.74. The van der Waals surface area contributed by atoms with Gasteiger partial charge in [0, 0.05) is 5.69 Å². The van der Waals surface area contributed by atoms with Crippen LogP contribution in [0.3, 0.4) is 0 Å². The molecule has 0 aromatic carbocycles. The average Bonchev–Trinajstić information content (AvgIpc) is 2.59. The molecule has 0 aliphatic carbocycles. The zero-order chi connectivity index (χ0) is 8.55. The highest BCUT2D eigenvalue weighted by atomic mass is 15.1. The fourth-order valence-corrected chi connectivity index (χ4v) is 1.10. The van der Waals surface area contributed by atoms with E-state index in [0.29, 0.717) is 5.69 Å². The number of H-pyrrole nitrogens is 2. The molecule has 0 unspecified atom stereocenters. The second kappa shape index (κ2) is 2.37. The number of hydrogen-bond acceptors (Lipinski definition) is 3. The van der Waals surface area contributed by atoms with Gasteiger partial charge in [0.25, 0.3) is 0 Å². The summed E-state index contributed by atoms with van der Waals surface area (Å²) in [5, 5.41) is 6.61. The van der Waals surface area contributed by atoms with E-state index >= 15 is 0 Å². The highest BCUT2D eigenvalue weighted by molar-refractivity contribution is 5.70. The first-order valence-corrected chi connectivity index (χ1v) is 3.58. The molecule has 0 spiro atoms. The van der Waals surface area contributed by atoms with Gasteiger partial charge in [-0.05, 0) is 6.92 Å². The largest absolute Gasteiger partial charge is 0.396 e. The zero-order valence-electron chi connectivity index (χ0n) is 6.63. The van der Waals surface area contributed by atoms with Crippen LogP contribution in [-0.4, -0.2) is 20.2 Å². The van der Waals surface area contributed by atoms with Crippen LogP contribution >= 0.6 is 0 Å². The summed E-state index contributed by atoms with van der Waals surface area (Å²) < 4.78 is 0. The van der Waals surface area contributed by atoms with Gasteiger partial charge in [-0.3, -0.25) is 5.10 Å². The minimum atomic E-state index is 0.616. The lowest BCUT2D eigenvalue weighted by molar-refractivity contribution is 1.09. The number of rotatable bonds is 1. The van der Waals surface area contributed by atoms with Gasteiger partial charge in [0.15, 0.2) is 0 Å². The minimum absolute atomic E-state index is 0.616. The summed E-state index contributed by atoms with van der Waals surface area (Å²) in [5.74, 6) is 0. The van der Waals surface area contributed by atoms with Crippen molar-refractivity contribution < 1.29 is 0 Å². The molecule has 62 valence electrons. The van der Waals surface area contributed by atoms with Gasteiger partial charge >= 0.3 is 0 Å². The number of nitrogens with one attached hydrogen (secondary N) is 2. The van der Waals surface area contributed by atoms with Crippen molar-refractivity contribution in [1.29, 1.82) is 0 Å². The summed E-state index contributed by atoms with van der Waals surface area (Å²) >= 11 is 0. The van der Waals surface area contributed by atoms with Gasteiger partial charge in [-0.25, -0.2) is 4.98 Å². The molecule has 0 saturated carbocycles. The quantitative estimate of drug-likeness (QED) is 0.578. The van der Waals surface area contributed by atoms with Crippen LogP contribution in [0.2, 0.25) is 0 Å². The van der Waals surface area contributed by atoms with Crippen molar-refractivity contribution in [3.8, 4) is 11.4 Å². The molecule has 0 radical (unpaired) electrons. The summed E-state index contributed by atoms with van der Waals surface area (Å²) in [6, 6.07) is 0. The van der Waals surface area contributed by atoms with Crippen molar-refractivity contribution in [3.05, 3.63) is 18.2 Å². The molecule has 2 aromatic rings. The monoisotopic (exact) mass is 163 g/mol. The van der Waals surface area contributed by atoms with Crippen molar-refractivity contribution in [2.24, 2.45) is 0 Å². The van der Waals surface area contributed by atoms with Crippen LogP contribution in [0.15, 0.2) is 12.5 Å². The van der Waals surface area contributed by atoms with Crippen molar-refractivity contribution in [1.82, 2.24) is 20.2 Å². The van der Waals surface area contributed by atoms with Crippen molar-refractivity contribution in [2.75, 3.05) is 5.73 Å². The third-order valence-corrected chi connectivity index (χ3v) is 1.74. The van der Waals surface area contributed by atoms with E-state index in [1.54, 1.807) is 12.5 Å². The van der Waals surface area contributed by atoms with E-state index < -0.39 is 0 Å². The van der Waals surface area contributed by atoms with Crippen LogP contribution < -0.4 is 5.73 Å². The molecular weight excluding hydrogens is 154 g/mol. The maximum Gasteiger partial charge on any atom is 0.111 e. The zero-order valence-corrected chi connectivity index (χ0v) is 6.63. The molecule has 5 nitrogen and oxygen atoms in total. The average molecular weight is 163 g/mol. The first kappa shape index (κ1) is 6.90. The fourth-order valence-electron chi connectivity index (χ4n) is 1.10. The number of nitrogens with two attached hydrogens (primary N) is 1. The molecule has 0 aliphatic heterocycles. The van der Waals surface area contributed by atoms with E-state index in [4.69, 9.17) is 5.73 Å². The number of nitrogens with zero attached hydrogens (tertiary/aromatic N) is 2. The molecule has 5 heteroatoms. The van der Waals surface area contributed by atoms with E-state index in [9.17, 15) is 0 Å². The first-order chi connectivity index (χ1) is 5.79. The molecule has 0 saturated heterocycles. The second-order valence-electron chi connectivity index (χ2n) is 2.58. The second-order valence-corrected chi connectivity index (χ2v) is 2.58. The molecule has 0 aliphatic rings. The molecular formula is C7H9N5. The summed E-state index contributed by atoms with van der Waals surface area (Å²) in [6.07, 6.45) is 3.20. The molecule has 2 aromatic heterocycles. The predicted octanol–water partition coefficient (Wildman–Crippen LogP) is 0.690. The van der Waals surface area contributed by atoms with Crippen LogP contribution in [0.5, 0.6) is 0 Å². The highest BCUT2D eigenvalue weighted by Gasteiger charge is 2.08. The lowest BCUT2D eigenvalue weighted by atomic mass is 10.2. The van der Waals surface area contributed by atoms with Gasteiger partial charge in [-0.1, -0.05) is 0 Å². The van der Waals surface area contributed by atoms with Crippen molar-refractivity contribution >= 4 is 5.69 Å². The van der Waals surface area contributed by atoms with Crippen LogP contribution in [0.4, 0.5) is 5.69 Å². The molecule has 0 fully saturated rings. The normalized spacial score (nSPS) is 10.4. The highest BCUT2D eigenvalue weighted by Crippen LogP contribution is 2.22. The molecule has 0 bridgehead atoms. The summed E-state index contributed by atoms with van der Waals surface area (Å²) in [7, 11) is 0. The van der Waals surface area contributed by atoms with E-state index in [-0.39, 0.29) is 0 Å². The number of aromatic amines is 2. The number of anilines is 1. The Bertz CT molecular complexity index is 348. The van der Waals surface area contributed by atoms with Crippen molar-refractivity contribution in [3.63, 3.8) is 0 Å². The first-order valence-electron chi connectivity index (χ1n) is 3.58. The Kier molecular flexibility index (Phi) is 1.36. The smallest absolute Gasteiger partial charge is 0.111 e. The van der Waals surface area contributed by atoms with Gasteiger partial charge in [0.05, 0.1) is 18.2 Å².